The van der Waals surface area contributed by atoms with E-state index < -0.39 is 24.3 Å². The first-order valence-corrected chi connectivity index (χ1v) is 8.42. The average molecular weight is 440 g/mol. The van der Waals surface area contributed by atoms with E-state index in [1.54, 1.807) is 24.3 Å². The summed E-state index contributed by atoms with van der Waals surface area (Å²) in [6.45, 7) is 1.58. The standard InChI is InChI=1S/C16H19F2IO4/c1-2-22-15(21)16(17,18)10-4-3-5-11-23-14(20)12-6-8-13(19)9-7-12/h6-9H,2-5,10-11H2,1H3. The van der Waals surface area contributed by atoms with Crippen molar-refractivity contribution in [3.05, 3.63) is 33.4 Å². The summed E-state index contributed by atoms with van der Waals surface area (Å²) in [5.41, 5.74) is 0.458. The molecule has 0 heterocycles. The number of esters is 2. The number of rotatable bonds is 9. The molecule has 0 amide bonds. The molecule has 1 aromatic rings. The van der Waals surface area contributed by atoms with Crippen LogP contribution in [0.1, 0.15) is 43.0 Å². The number of unbranched alkanes of at least 4 members (excludes halogenated alkanes) is 2. The molecule has 0 atom stereocenters. The summed E-state index contributed by atoms with van der Waals surface area (Å²) in [5.74, 6) is -5.36. The lowest BCUT2D eigenvalue weighted by Crippen LogP contribution is -2.30. The number of alkyl halides is 2. The Kier molecular flexibility index (Phi) is 8.43. The highest BCUT2D eigenvalue weighted by Gasteiger charge is 2.39. The van der Waals surface area contributed by atoms with Crippen LogP contribution in [-0.2, 0) is 14.3 Å². The molecule has 0 bridgehead atoms. The minimum absolute atomic E-state index is 0.0666. The van der Waals surface area contributed by atoms with Crippen LogP contribution >= 0.6 is 22.6 Å². The first-order valence-electron chi connectivity index (χ1n) is 7.34. The second kappa shape index (κ2) is 9.79. The first-order chi connectivity index (χ1) is 10.9. The topological polar surface area (TPSA) is 52.6 Å². The van der Waals surface area contributed by atoms with Crippen LogP contribution in [0.25, 0.3) is 0 Å². The molecule has 0 aromatic heterocycles. The molecule has 0 N–H and O–H groups in total. The summed E-state index contributed by atoms with van der Waals surface area (Å²) in [6.07, 6.45) is 0.508. The van der Waals surface area contributed by atoms with Gasteiger partial charge in [0.1, 0.15) is 0 Å². The predicted octanol–water partition coefficient (Wildman–Crippen LogP) is 4.21. The lowest BCUT2D eigenvalue weighted by molar-refractivity contribution is -0.172. The maximum absolute atomic E-state index is 13.3. The summed E-state index contributed by atoms with van der Waals surface area (Å²) in [6, 6.07) is 6.94. The molecule has 7 heteroatoms. The molecular weight excluding hydrogens is 421 g/mol. The molecule has 0 aliphatic carbocycles. The van der Waals surface area contributed by atoms with Gasteiger partial charge in [0.25, 0.3) is 0 Å². The quantitative estimate of drug-likeness (QED) is 0.328. The number of benzene rings is 1. The maximum atomic E-state index is 13.3. The lowest BCUT2D eigenvalue weighted by Gasteiger charge is -2.14. The molecule has 1 aromatic carbocycles. The van der Waals surface area contributed by atoms with Crippen molar-refractivity contribution in [3.8, 4) is 0 Å². The number of carbonyl (C=O) groups is 2. The monoisotopic (exact) mass is 440 g/mol. The zero-order valence-electron chi connectivity index (χ0n) is 12.8. The van der Waals surface area contributed by atoms with Crippen LogP contribution in [0.4, 0.5) is 8.78 Å². The number of halogens is 3. The van der Waals surface area contributed by atoms with Crippen LogP contribution in [0.5, 0.6) is 0 Å². The van der Waals surface area contributed by atoms with Gasteiger partial charge in [-0.15, -0.1) is 0 Å². The van der Waals surface area contributed by atoms with E-state index in [1.165, 1.54) is 6.92 Å². The summed E-state index contributed by atoms with van der Waals surface area (Å²) in [7, 11) is 0. The molecular formula is C16H19F2IO4. The van der Waals surface area contributed by atoms with E-state index in [-0.39, 0.29) is 19.6 Å². The van der Waals surface area contributed by atoms with Gasteiger partial charge in [-0.1, -0.05) is 0 Å². The van der Waals surface area contributed by atoms with Crippen molar-refractivity contribution in [1.82, 2.24) is 0 Å². The van der Waals surface area contributed by atoms with Crippen molar-refractivity contribution in [3.63, 3.8) is 0 Å². The van der Waals surface area contributed by atoms with E-state index in [0.29, 0.717) is 18.4 Å². The Hall–Kier alpha value is -1.25. The SMILES string of the molecule is CCOC(=O)C(F)(F)CCCCCOC(=O)c1ccc(I)cc1. The van der Waals surface area contributed by atoms with Crippen LogP contribution in [-0.4, -0.2) is 31.1 Å². The molecule has 0 radical (unpaired) electrons. The zero-order valence-corrected chi connectivity index (χ0v) is 15.0. The van der Waals surface area contributed by atoms with Gasteiger partial charge in [-0.25, -0.2) is 9.59 Å². The molecule has 128 valence electrons. The molecule has 4 nitrogen and oxygen atoms in total. The summed E-state index contributed by atoms with van der Waals surface area (Å²) < 4.78 is 37.1. The highest BCUT2D eigenvalue weighted by molar-refractivity contribution is 14.1. The van der Waals surface area contributed by atoms with Gasteiger partial charge in [0.05, 0.1) is 18.8 Å². The van der Waals surface area contributed by atoms with Crippen molar-refractivity contribution < 1.29 is 27.8 Å². The average Bonchev–Trinajstić information content (AvgIpc) is 2.51. The summed E-state index contributed by atoms with van der Waals surface area (Å²) >= 11 is 2.13. The highest BCUT2D eigenvalue weighted by Crippen LogP contribution is 2.23. The largest absolute Gasteiger partial charge is 0.462 e. The molecule has 1 rings (SSSR count). The van der Waals surface area contributed by atoms with Crippen LogP contribution in [0.2, 0.25) is 0 Å². The molecule has 0 aliphatic rings. The van der Waals surface area contributed by atoms with Gasteiger partial charge < -0.3 is 9.47 Å². The Bertz CT molecular complexity index is 517. The van der Waals surface area contributed by atoms with Gasteiger partial charge in [0.15, 0.2) is 0 Å². The first kappa shape index (κ1) is 19.8. The minimum Gasteiger partial charge on any atom is -0.462 e. The van der Waals surface area contributed by atoms with Gasteiger partial charge in [0.2, 0.25) is 0 Å². The molecule has 23 heavy (non-hydrogen) atoms. The van der Waals surface area contributed by atoms with Gasteiger partial charge in [-0.3, -0.25) is 0 Å². The van der Waals surface area contributed by atoms with Crippen LogP contribution in [0.15, 0.2) is 24.3 Å². The molecule has 0 spiro atoms. The van der Waals surface area contributed by atoms with Crippen LogP contribution < -0.4 is 0 Å². The van der Waals surface area contributed by atoms with E-state index in [4.69, 9.17) is 4.74 Å². The molecule has 0 saturated heterocycles. The Balaban J connectivity index is 2.19. The van der Waals surface area contributed by atoms with Gasteiger partial charge in [-0.2, -0.15) is 8.78 Å². The maximum Gasteiger partial charge on any atom is 0.376 e. The number of carbonyl (C=O) groups excluding carboxylic acids is 2. The van der Waals surface area contributed by atoms with Gasteiger partial charge in [0, 0.05) is 9.99 Å². The third-order valence-corrected chi connectivity index (χ3v) is 3.74. The minimum atomic E-state index is -3.45. The van der Waals surface area contributed by atoms with Gasteiger partial charge >= 0.3 is 17.9 Å². The second-order valence-electron chi connectivity index (χ2n) is 4.88. The smallest absolute Gasteiger partial charge is 0.376 e. The number of hydrogen-bond acceptors (Lipinski definition) is 4. The van der Waals surface area contributed by atoms with Crippen LogP contribution in [0.3, 0.4) is 0 Å². The molecule has 0 saturated carbocycles. The van der Waals surface area contributed by atoms with Gasteiger partial charge in [-0.05, 0) is 73.0 Å². The number of hydrogen-bond donors (Lipinski definition) is 0. The second-order valence-corrected chi connectivity index (χ2v) is 6.12. The normalized spacial score (nSPS) is 11.1. The molecule has 0 aliphatic heterocycles. The zero-order chi connectivity index (χ0) is 17.3. The van der Waals surface area contributed by atoms with Crippen molar-refractivity contribution in [2.45, 2.75) is 38.5 Å². The molecule has 0 unspecified atom stereocenters. The predicted molar refractivity (Wildman–Crippen MR) is 89.5 cm³/mol. The Morgan fingerprint density at radius 3 is 2.35 bits per heavy atom. The fourth-order valence-electron chi connectivity index (χ4n) is 1.80. The Morgan fingerprint density at radius 2 is 1.74 bits per heavy atom. The number of ether oxygens (including phenoxy) is 2. The molecule has 0 fully saturated rings. The van der Waals surface area contributed by atoms with Crippen molar-refractivity contribution >= 4 is 34.5 Å². The van der Waals surface area contributed by atoms with Crippen molar-refractivity contribution in [2.24, 2.45) is 0 Å². The van der Waals surface area contributed by atoms with E-state index in [9.17, 15) is 18.4 Å². The Morgan fingerprint density at radius 1 is 1.09 bits per heavy atom. The van der Waals surface area contributed by atoms with E-state index in [2.05, 4.69) is 27.3 Å². The fraction of sp³-hybridized carbons (Fsp3) is 0.500. The van der Waals surface area contributed by atoms with Crippen molar-refractivity contribution in [2.75, 3.05) is 13.2 Å². The Labute approximate surface area is 147 Å². The third kappa shape index (κ3) is 7.24. The van der Waals surface area contributed by atoms with E-state index in [0.717, 1.165) is 3.57 Å². The van der Waals surface area contributed by atoms with E-state index in [1.807, 2.05) is 0 Å². The lowest BCUT2D eigenvalue weighted by atomic mass is 10.1. The highest BCUT2D eigenvalue weighted by atomic mass is 127. The van der Waals surface area contributed by atoms with Crippen LogP contribution in [0, 0.1) is 3.57 Å². The fourth-order valence-corrected chi connectivity index (χ4v) is 2.16. The summed E-state index contributed by atoms with van der Waals surface area (Å²) in [5, 5.41) is 0. The van der Waals surface area contributed by atoms with Crippen molar-refractivity contribution in [1.29, 1.82) is 0 Å². The van der Waals surface area contributed by atoms with E-state index >= 15 is 0 Å². The summed E-state index contributed by atoms with van der Waals surface area (Å²) in [4.78, 5) is 22.7. The third-order valence-electron chi connectivity index (χ3n) is 3.02.